The lowest BCUT2D eigenvalue weighted by atomic mass is 9.93. The molecule has 35 heavy (non-hydrogen) atoms. The highest BCUT2D eigenvalue weighted by Crippen LogP contribution is 2.34. The second-order valence-electron chi connectivity index (χ2n) is 9.66. The van der Waals surface area contributed by atoms with Gasteiger partial charge in [-0.25, -0.2) is 4.39 Å². The number of aryl methyl sites for hydroxylation is 1. The number of halogens is 1. The number of hydrogen-bond donors (Lipinski definition) is 1. The van der Waals surface area contributed by atoms with Gasteiger partial charge in [-0.2, -0.15) is 0 Å². The first-order valence-electron chi connectivity index (χ1n) is 12.6. The number of likely N-dealkylation sites (tertiary alicyclic amines) is 1. The molecule has 2 aliphatic rings. The first-order chi connectivity index (χ1) is 16.9. The van der Waals surface area contributed by atoms with E-state index in [2.05, 4.69) is 5.32 Å². The van der Waals surface area contributed by atoms with Crippen molar-refractivity contribution < 1.29 is 18.8 Å². The first-order valence-corrected chi connectivity index (χ1v) is 12.6. The van der Waals surface area contributed by atoms with Gasteiger partial charge in [0.2, 0.25) is 11.8 Å². The molecule has 1 saturated carbocycles. The maximum absolute atomic E-state index is 14.4. The van der Waals surface area contributed by atoms with Gasteiger partial charge < -0.3 is 10.2 Å². The average Bonchev–Trinajstić information content (AvgIpc) is 3.34. The summed E-state index contributed by atoms with van der Waals surface area (Å²) in [5.41, 5.74) is 1.85. The van der Waals surface area contributed by atoms with Crippen molar-refractivity contribution in [2.75, 3.05) is 11.4 Å². The van der Waals surface area contributed by atoms with Crippen molar-refractivity contribution in [3.63, 3.8) is 0 Å². The number of hydrogen-bond acceptors (Lipinski definition) is 3. The highest BCUT2D eigenvalue weighted by molar-refractivity contribution is 6.05. The van der Waals surface area contributed by atoms with Crippen LogP contribution in [0.2, 0.25) is 0 Å². The fourth-order valence-corrected chi connectivity index (χ4v) is 5.41. The molecule has 2 fully saturated rings. The predicted octanol–water partition coefficient (Wildman–Crippen LogP) is 4.67. The molecule has 3 amide bonds. The summed E-state index contributed by atoms with van der Waals surface area (Å²) in [6.07, 6.45) is 6.29. The van der Waals surface area contributed by atoms with Crippen molar-refractivity contribution in [1.82, 2.24) is 10.2 Å². The zero-order valence-electron chi connectivity index (χ0n) is 20.5. The Kier molecular flexibility index (Phi) is 7.83. The molecule has 1 aliphatic carbocycles. The van der Waals surface area contributed by atoms with Gasteiger partial charge in [0.25, 0.3) is 5.91 Å². The van der Waals surface area contributed by atoms with Gasteiger partial charge in [-0.15, -0.1) is 0 Å². The molecular formula is C28H34FN3O3. The number of carbonyl (C=O) groups is 3. The van der Waals surface area contributed by atoms with E-state index >= 15 is 0 Å². The summed E-state index contributed by atoms with van der Waals surface area (Å²) in [7, 11) is 0. The molecule has 186 valence electrons. The Morgan fingerprint density at radius 2 is 1.74 bits per heavy atom. The van der Waals surface area contributed by atoms with Crippen LogP contribution in [0.4, 0.5) is 10.1 Å². The molecule has 2 aromatic rings. The first kappa shape index (κ1) is 24.9. The third-order valence-corrected chi connectivity index (χ3v) is 7.21. The molecule has 0 spiro atoms. The second-order valence-corrected chi connectivity index (χ2v) is 9.66. The minimum atomic E-state index is -0.984. The summed E-state index contributed by atoms with van der Waals surface area (Å²) in [6.45, 7) is 3.85. The van der Waals surface area contributed by atoms with Crippen LogP contribution in [0.25, 0.3) is 0 Å². The van der Waals surface area contributed by atoms with Crippen molar-refractivity contribution in [2.24, 2.45) is 0 Å². The number of amides is 3. The van der Waals surface area contributed by atoms with E-state index in [-0.39, 0.29) is 23.8 Å². The molecular weight excluding hydrogens is 445 g/mol. The van der Waals surface area contributed by atoms with Crippen molar-refractivity contribution in [3.8, 4) is 0 Å². The number of nitrogens with zero attached hydrogens (tertiary/aromatic N) is 2. The molecule has 1 saturated heterocycles. The van der Waals surface area contributed by atoms with E-state index in [4.69, 9.17) is 0 Å². The average molecular weight is 480 g/mol. The van der Waals surface area contributed by atoms with Crippen LogP contribution in [0, 0.1) is 12.7 Å². The van der Waals surface area contributed by atoms with Gasteiger partial charge in [-0.3, -0.25) is 19.3 Å². The molecule has 1 N–H and O–H groups in total. The number of benzene rings is 2. The standard InChI is InChI=1S/C28H34FN3O3/c1-19-10-6-7-15-24(19)26(27(34)30-22-12-4-3-5-13-22)32(23-14-8-11-21(29)18-23)28(35)25-16-9-17-31(25)20(2)33/h6-8,10-11,14-15,18,22,25-26H,3-5,9,12-13,16-17H2,1-2H3,(H,30,34)/t25-,26+/m1/s1. The summed E-state index contributed by atoms with van der Waals surface area (Å²) in [5.74, 6) is -1.32. The van der Waals surface area contributed by atoms with Crippen molar-refractivity contribution in [2.45, 2.75) is 76.9 Å². The third-order valence-electron chi connectivity index (χ3n) is 7.21. The molecule has 1 aliphatic heterocycles. The van der Waals surface area contributed by atoms with E-state index in [0.29, 0.717) is 30.6 Å². The van der Waals surface area contributed by atoms with Gasteiger partial charge in [0.05, 0.1) is 0 Å². The molecule has 0 bridgehead atoms. The number of carbonyl (C=O) groups excluding carboxylic acids is 3. The molecule has 0 aromatic heterocycles. The lowest BCUT2D eigenvalue weighted by molar-refractivity contribution is -0.136. The smallest absolute Gasteiger partial charge is 0.250 e. The fourth-order valence-electron chi connectivity index (χ4n) is 5.41. The summed E-state index contributed by atoms with van der Waals surface area (Å²) >= 11 is 0. The van der Waals surface area contributed by atoms with E-state index in [1.54, 1.807) is 11.0 Å². The van der Waals surface area contributed by atoms with Crippen molar-refractivity contribution in [3.05, 3.63) is 65.5 Å². The molecule has 1 heterocycles. The molecule has 0 radical (unpaired) electrons. The Morgan fingerprint density at radius 1 is 1.00 bits per heavy atom. The van der Waals surface area contributed by atoms with Gasteiger partial charge in [0.15, 0.2) is 0 Å². The summed E-state index contributed by atoms with van der Waals surface area (Å²) in [6, 6.07) is 11.6. The van der Waals surface area contributed by atoms with Gasteiger partial charge in [0, 0.05) is 25.2 Å². The fraction of sp³-hybridized carbons (Fsp3) is 0.464. The molecule has 2 aromatic carbocycles. The second kappa shape index (κ2) is 11.0. The topological polar surface area (TPSA) is 69.7 Å². The maximum Gasteiger partial charge on any atom is 0.250 e. The van der Waals surface area contributed by atoms with Crippen LogP contribution in [0.1, 0.15) is 69.0 Å². The monoisotopic (exact) mass is 479 g/mol. The van der Waals surface area contributed by atoms with E-state index in [1.807, 2.05) is 31.2 Å². The van der Waals surface area contributed by atoms with Gasteiger partial charge in [-0.1, -0.05) is 49.6 Å². The lowest BCUT2D eigenvalue weighted by Crippen LogP contribution is -2.53. The maximum atomic E-state index is 14.4. The van der Waals surface area contributed by atoms with Crippen LogP contribution in [-0.4, -0.2) is 41.2 Å². The Hall–Kier alpha value is -3.22. The Balaban J connectivity index is 1.80. The van der Waals surface area contributed by atoms with Crippen molar-refractivity contribution in [1.29, 1.82) is 0 Å². The Morgan fingerprint density at radius 3 is 2.43 bits per heavy atom. The lowest BCUT2D eigenvalue weighted by Gasteiger charge is -2.37. The van der Waals surface area contributed by atoms with E-state index in [1.165, 1.54) is 30.0 Å². The largest absolute Gasteiger partial charge is 0.351 e. The third kappa shape index (κ3) is 5.55. The van der Waals surface area contributed by atoms with Crippen molar-refractivity contribution >= 4 is 23.4 Å². The van der Waals surface area contributed by atoms with Crippen LogP contribution in [-0.2, 0) is 14.4 Å². The van der Waals surface area contributed by atoms with Crippen LogP contribution in [0.5, 0.6) is 0 Å². The molecule has 4 rings (SSSR count). The predicted molar refractivity (Wildman–Crippen MR) is 133 cm³/mol. The minimum absolute atomic E-state index is 0.0485. The van der Waals surface area contributed by atoms with Crippen LogP contribution in [0.3, 0.4) is 0 Å². The highest BCUT2D eigenvalue weighted by Gasteiger charge is 2.41. The normalized spacial score (nSPS) is 19.3. The molecule has 2 atom stereocenters. The van der Waals surface area contributed by atoms with Gasteiger partial charge >= 0.3 is 0 Å². The van der Waals surface area contributed by atoms with Crippen LogP contribution >= 0.6 is 0 Å². The molecule has 6 nitrogen and oxygen atoms in total. The minimum Gasteiger partial charge on any atom is -0.351 e. The number of nitrogens with one attached hydrogen (secondary N) is 1. The molecule has 7 heteroatoms. The summed E-state index contributed by atoms with van der Waals surface area (Å²) in [5, 5.41) is 3.18. The van der Waals surface area contributed by atoms with Crippen LogP contribution in [0.15, 0.2) is 48.5 Å². The van der Waals surface area contributed by atoms with E-state index in [0.717, 1.165) is 37.7 Å². The SMILES string of the molecule is CC(=O)N1CCC[C@@H]1C(=O)N(c1cccc(F)c1)[C@H](C(=O)NC1CCCCC1)c1ccccc1C. The van der Waals surface area contributed by atoms with E-state index < -0.39 is 17.9 Å². The Labute approximate surface area is 206 Å². The quantitative estimate of drug-likeness (QED) is 0.655. The number of rotatable bonds is 6. The zero-order valence-corrected chi connectivity index (χ0v) is 20.5. The van der Waals surface area contributed by atoms with Gasteiger partial charge in [0.1, 0.15) is 17.9 Å². The zero-order chi connectivity index (χ0) is 24.9. The summed E-state index contributed by atoms with van der Waals surface area (Å²) < 4.78 is 14.4. The number of anilines is 1. The Bertz CT molecular complexity index is 1080. The summed E-state index contributed by atoms with van der Waals surface area (Å²) in [4.78, 5) is 43.3. The molecule has 0 unspecified atom stereocenters. The highest BCUT2D eigenvalue weighted by atomic mass is 19.1. The van der Waals surface area contributed by atoms with Crippen LogP contribution < -0.4 is 10.2 Å². The van der Waals surface area contributed by atoms with E-state index in [9.17, 15) is 18.8 Å². The van der Waals surface area contributed by atoms with Gasteiger partial charge in [-0.05, 0) is 61.9 Å².